The Kier molecular flexibility index (Phi) is 7.65. The van der Waals surface area contributed by atoms with E-state index in [9.17, 15) is 9.18 Å². The zero-order valence-corrected chi connectivity index (χ0v) is 23.1. The minimum atomic E-state index is -0.245. The normalized spacial score (nSPS) is 13.9. The summed E-state index contributed by atoms with van der Waals surface area (Å²) in [6.45, 7) is 4.32. The summed E-state index contributed by atoms with van der Waals surface area (Å²) in [4.78, 5) is 19.9. The largest absolute Gasteiger partial charge is 0.379 e. The topological polar surface area (TPSA) is 65.4 Å². The van der Waals surface area contributed by atoms with Gasteiger partial charge in [-0.2, -0.15) is 9.89 Å². The number of fused-ring (bicyclic) bond motifs is 1. The van der Waals surface area contributed by atoms with E-state index in [-0.39, 0.29) is 11.7 Å². The van der Waals surface area contributed by atoms with Crippen molar-refractivity contribution in [1.82, 2.24) is 14.8 Å². The first-order valence-electron chi connectivity index (χ1n) is 13.9. The van der Waals surface area contributed by atoms with Gasteiger partial charge in [-0.05, 0) is 66.6 Å². The van der Waals surface area contributed by atoms with Gasteiger partial charge >= 0.3 is 0 Å². The second-order valence-corrected chi connectivity index (χ2v) is 10.5. The maximum atomic E-state index is 13.7. The predicted octanol–water partition coefficient (Wildman–Crippen LogP) is 5.51. The third kappa shape index (κ3) is 6.07. The van der Waals surface area contributed by atoms with Gasteiger partial charge in [-0.1, -0.05) is 54.6 Å². The van der Waals surface area contributed by atoms with Crippen molar-refractivity contribution in [2.45, 2.75) is 13.0 Å². The van der Waals surface area contributed by atoms with Crippen molar-refractivity contribution < 1.29 is 9.18 Å². The number of para-hydroxylation sites is 1. The zero-order valence-electron chi connectivity index (χ0n) is 23.1. The fourth-order valence-corrected chi connectivity index (χ4v) is 5.33. The third-order valence-corrected chi connectivity index (χ3v) is 7.58. The van der Waals surface area contributed by atoms with Crippen LogP contribution in [0.15, 0.2) is 97.2 Å². The molecule has 0 unspecified atom stereocenters. The highest BCUT2D eigenvalue weighted by atomic mass is 19.1. The number of nitrogens with one attached hydrogen (secondary N) is 2. The number of carbonyl (C=O) groups is 1. The van der Waals surface area contributed by atoms with Crippen molar-refractivity contribution in [3.05, 3.63) is 125 Å². The molecule has 7 nitrogen and oxygen atoms in total. The van der Waals surface area contributed by atoms with Crippen LogP contribution in [0.3, 0.4) is 0 Å². The molecule has 1 aliphatic heterocycles. The molecule has 0 radical (unpaired) electrons. The van der Waals surface area contributed by atoms with E-state index < -0.39 is 0 Å². The lowest BCUT2D eigenvalue weighted by Gasteiger charge is -2.35. The summed E-state index contributed by atoms with van der Waals surface area (Å²) in [6, 6.07) is 28.6. The number of anilines is 2. The number of hydrogen-bond acceptors (Lipinski definition) is 5. The van der Waals surface area contributed by atoms with Gasteiger partial charge in [-0.3, -0.25) is 4.79 Å². The number of benzene rings is 4. The first kappa shape index (κ1) is 26.5. The van der Waals surface area contributed by atoms with Gasteiger partial charge in [-0.25, -0.2) is 9.82 Å². The number of carbonyl (C=O) groups excluding carboxylic acids is 1. The molecule has 208 valence electrons. The van der Waals surface area contributed by atoms with E-state index in [0.717, 1.165) is 65.1 Å². The van der Waals surface area contributed by atoms with Crippen LogP contribution >= 0.6 is 0 Å². The van der Waals surface area contributed by atoms with E-state index in [4.69, 9.17) is 0 Å². The fourth-order valence-electron chi connectivity index (χ4n) is 5.33. The van der Waals surface area contributed by atoms with Crippen LogP contribution in [-0.4, -0.2) is 53.9 Å². The molecule has 0 aliphatic carbocycles. The standard InChI is InChI=1S/C33H33FN6O/c1-38-15-17-39(18-16-38)31-12-6-11-29(32(31)35-22-24-7-3-2-4-8-24)33(41)37-40-30-14-13-26(20-27(30)23-36-40)19-25-9-5-10-28(34)21-25/h2-14,20-21,23,35H,15-19,22H2,1H3,(H,37,41). The van der Waals surface area contributed by atoms with Crippen molar-refractivity contribution in [3.8, 4) is 0 Å². The Morgan fingerprint density at radius 2 is 1.61 bits per heavy atom. The van der Waals surface area contributed by atoms with Gasteiger partial charge in [-0.15, -0.1) is 0 Å². The molecular weight excluding hydrogens is 515 g/mol. The van der Waals surface area contributed by atoms with Gasteiger partial charge in [0.15, 0.2) is 0 Å². The van der Waals surface area contributed by atoms with Crippen molar-refractivity contribution >= 4 is 28.2 Å². The number of likely N-dealkylation sites (N-methyl/N-ethyl adjacent to an activating group) is 1. The Labute approximate surface area is 239 Å². The van der Waals surface area contributed by atoms with Crippen LogP contribution in [0.4, 0.5) is 15.8 Å². The Morgan fingerprint density at radius 3 is 2.41 bits per heavy atom. The van der Waals surface area contributed by atoms with E-state index >= 15 is 0 Å². The van der Waals surface area contributed by atoms with Gasteiger partial charge in [0, 0.05) is 38.1 Å². The SMILES string of the molecule is CN1CCN(c2cccc(C(=O)Nn3ncc4cc(Cc5cccc(F)c5)ccc43)c2NCc2ccccc2)CC1. The van der Waals surface area contributed by atoms with Crippen molar-refractivity contribution in [2.24, 2.45) is 0 Å². The molecule has 1 fully saturated rings. The Hall–Kier alpha value is -4.69. The summed E-state index contributed by atoms with van der Waals surface area (Å²) >= 11 is 0. The highest BCUT2D eigenvalue weighted by Gasteiger charge is 2.22. The van der Waals surface area contributed by atoms with Crippen molar-refractivity contribution in [1.29, 1.82) is 0 Å². The minimum absolute atomic E-state index is 0.242. The Bertz CT molecular complexity index is 1660. The summed E-state index contributed by atoms with van der Waals surface area (Å²) in [5, 5.41) is 8.92. The summed E-state index contributed by atoms with van der Waals surface area (Å²) in [6.07, 6.45) is 2.35. The molecular formula is C33H33FN6O. The lowest BCUT2D eigenvalue weighted by atomic mass is 10.0. The summed E-state index contributed by atoms with van der Waals surface area (Å²) in [5.74, 6) is -0.487. The molecule has 8 heteroatoms. The molecule has 1 saturated heterocycles. The number of halogens is 1. The van der Waals surface area contributed by atoms with Gasteiger partial charge < -0.3 is 15.1 Å². The Balaban J connectivity index is 1.26. The van der Waals surface area contributed by atoms with Crippen LogP contribution < -0.4 is 15.6 Å². The lowest BCUT2D eigenvalue weighted by molar-refractivity contribution is 0.101. The molecule has 41 heavy (non-hydrogen) atoms. The quantitative estimate of drug-likeness (QED) is 0.268. The van der Waals surface area contributed by atoms with Gasteiger partial charge in [0.05, 0.1) is 28.7 Å². The third-order valence-electron chi connectivity index (χ3n) is 7.58. The minimum Gasteiger partial charge on any atom is -0.379 e. The monoisotopic (exact) mass is 548 g/mol. The van der Waals surface area contributed by atoms with Crippen LogP contribution in [0.25, 0.3) is 10.9 Å². The molecule has 0 bridgehead atoms. The predicted molar refractivity (Wildman–Crippen MR) is 163 cm³/mol. The number of aromatic nitrogens is 2. The smallest absolute Gasteiger partial charge is 0.273 e. The van der Waals surface area contributed by atoms with Crippen molar-refractivity contribution in [3.63, 3.8) is 0 Å². The molecule has 1 aliphatic rings. The number of rotatable bonds is 8. The molecule has 0 saturated carbocycles. The second kappa shape index (κ2) is 11.8. The molecule has 4 aromatic carbocycles. The first-order chi connectivity index (χ1) is 20.0. The number of piperazine rings is 1. The van der Waals surface area contributed by atoms with Crippen LogP contribution in [0.5, 0.6) is 0 Å². The Morgan fingerprint density at radius 1 is 0.854 bits per heavy atom. The average molecular weight is 549 g/mol. The van der Waals surface area contributed by atoms with E-state index in [2.05, 4.69) is 50.9 Å². The van der Waals surface area contributed by atoms with E-state index in [0.29, 0.717) is 18.5 Å². The first-order valence-corrected chi connectivity index (χ1v) is 13.9. The van der Waals surface area contributed by atoms with E-state index in [1.54, 1.807) is 18.3 Å². The molecule has 2 N–H and O–H groups in total. The fraction of sp³-hybridized carbons (Fsp3) is 0.212. The van der Waals surface area contributed by atoms with Crippen molar-refractivity contribution in [2.75, 3.05) is 48.9 Å². The van der Waals surface area contributed by atoms with Crippen LogP contribution in [0.1, 0.15) is 27.0 Å². The number of hydrogen-bond donors (Lipinski definition) is 2. The van der Waals surface area contributed by atoms with E-state index in [1.807, 2.05) is 54.6 Å². The molecule has 5 aromatic rings. The zero-order chi connectivity index (χ0) is 28.2. The summed E-state index contributed by atoms with van der Waals surface area (Å²) in [7, 11) is 2.13. The van der Waals surface area contributed by atoms with E-state index in [1.165, 1.54) is 10.9 Å². The highest BCUT2D eigenvalue weighted by Crippen LogP contribution is 2.31. The van der Waals surface area contributed by atoms with Crippen LogP contribution in [0.2, 0.25) is 0 Å². The van der Waals surface area contributed by atoms with Gasteiger partial charge in [0.25, 0.3) is 5.91 Å². The molecule has 0 spiro atoms. The summed E-state index contributed by atoms with van der Waals surface area (Å²) in [5.41, 5.74) is 9.25. The molecule has 1 aromatic heterocycles. The van der Waals surface area contributed by atoms with Gasteiger partial charge in [0.2, 0.25) is 0 Å². The molecule has 1 amide bonds. The van der Waals surface area contributed by atoms with Crippen LogP contribution in [-0.2, 0) is 13.0 Å². The maximum Gasteiger partial charge on any atom is 0.273 e. The van der Waals surface area contributed by atoms with Crippen LogP contribution in [0, 0.1) is 5.82 Å². The second-order valence-electron chi connectivity index (χ2n) is 10.5. The highest BCUT2D eigenvalue weighted by molar-refractivity contribution is 6.07. The average Bonchev–Trinajstić information content (AvgIpc) is 3.38. The lowest BCUT2D eigenvalue weighted by Crippen LogP contribution is -2.44. The number of nitrogens with zero attached hydrogens (tertiary/aromatic N) is 4. The molecule has 6 rings (SSSR count). The maximum absolute atomic E-state index is 13.7. The molecule has 0 atom stereocenters. The summed E-state index contributed by atoms with van der Waals surface area (Å²) < 4.78 is 13.6. The molecule has 2 heterocycles. The van der Waals surface area contributed by atoms with Gasteiger partial charge in [0.1, 0.15) is 5.82 Å². The number of amides is 1.